The first-order chi connectivity index (χ1) is 9.69. The van der Waals surface area contributed by atoms with Crippen molar-refractivity contribution in [1.82, 2.24) is 4.98 Å². The van der Waals surface area contributed by atoms with E-state index in [2.05, 4.69) is 10.3 Å². The summed E-state index contributed by atoms with van der Waals surface area (Å²) in [5.74, 6) is 0.393. The first kappa shape index (κ1) is 13.9. The molecule has 0 unspecified atom stereocenters. The largest absolute Gasteiger partial charge is 0.462 e. The fraction of sp³-hybridized carbons (Fsp3) is 0.200. The average Bonchev–Trinajstić information content (AvgIpc) is 2.48. The van der Waals surface area contributed by atoms with Crippen molar-refractivity contribution in [2.24, 2.45) is 0 Å². The zero-order chi connectivity index (χ0) is 14.4. The maximum Gasteiger partial charge on any atom is 0.338 e. The second-order valence-electron chi connectivity index (χ2n) is 4.32. The first-order valence-corrected chi connectivity index (χ1v) is 6.45. The fourth-order valence-electron chi connectivity index (χ4n) is 1.59. The van der Waals surface area contributed by atoms with E-state index < -0.39 is 0 Å². The first-order valence-electron chi connectivity index (χ1n) is 6.45. The quantitative estimate of drug-likeness (QED) is 0.817. The Balaban J connectivity index is 2.01. The molecule has 0 atom stereocenters. The number of benzene rings is 1. The Morgan fingerprint density at radius 1 is 1.25 bits per heavy atom. The highest BCUT2D eigenvalue weighted by Crippen LogP contribution is 2.16. The van der Waals surface area contributed by atoms with Gasteiger partial charge in [-0.15, -0.1) is 0 Å². The molecule has 2 rings (SSSR count). The van der Waals surface area contributed by atoms with Gasteiger partial charge in [-0.2, -0.15) is 0 Å². The highest BCUT2D eigenvalue weighted by Gasteiger charge is 2.06. The predicted octanol–water partition coefficient (Wildman–Crippen LogP) is 2.97. The Morgan fingerprint density at radius 2 is 2.00 bits per heavy atom. The molecule has 3 N–H and O–H groups in total. The van der Waals surface area contributed by atoms with E-state index in [1.165, 1.54) is 0 Å². The van der Waals surface area contributed by atoms with Gasteiger partial charge in [0, 0.05) is 5.69 Å². The number of ether oxygens (including phenoxy) is 1. The molecule has 0 aliphatic heterocycles. The number of carbonyl (C=O) groups is 1. The highest BCUT2D eigenvalue weighted by atomic mass is 16.5. The molecule has 1 heterocycles. The van der Waals surface area contributed by atoms with E-state index in [9.17, 15) is 4.79 Å². The SMILES string of the molecule is CCCOC(=O)c1ccc(Nc2ccc(N)cn2)cc1. The molecule has 20 heavy (non-hydrogen) atoms. The third kappa shape index (κ3) is 3.71. The van der Waals surface area contributed by atoms with Crippen molar-refractivity contribution >= 4 is 23.2 Å². The number of carbonyl (C=O) groups excluding carboxylic acids is 1. The summed E-state index contributed by atoms with van der Waals surface area (Å²) in [7, 11) is 0. The van der Waals surface area contributed by atoms with Crippen molar-refractivity contribution in [2.45, 2.75) is 13.3 Å². The molecular formula is C15H17N3O2. The highest BCUT2D eigenvalue weighted by molar-refractivity contribution is 5.89. The number of nitrogens with one attached hydrogen (secondary N) is 1. The Hall–Kier alpha value is -2.56. The van der Waals surface area contributed by atoms with Gasteiger partial charge in [-0.25, -0.2) is 9.78 Å². The van der Waals surface area contributed by atoms with Crippen molar-refractivity contribution in [3.63, 3.8) is 0 Å². The number of aromatic nitrogens is 1. The van der Waals surface area contributed by atoms with Gasteiger partial charge >= 0.3 is 5.97 Å². The molecule has 104 valence electrons. The summed E-state index contributed by atoms with van der Waals surface area (Å²) >= 11 is 0. The second-order valence-corrected chi connectivity index (χ2v) is 4.32. The molecule has 5 heteroatoms. The Kier molecular flexibility index (Phi) is 4.55. The number of esters is 1. The Labute approximate surface area is 117 Å². The number of rotatable bonds is 5. The number of nitrogens with two attached hydrogens (primary N) is 1. The number of nitrogens with zero attached hydrogens (tertiary/aromatic N) is 1. The lowest BCUT2D eigenvalue weighted by Gasteiger charge is -2.07. The van der Waals surface area contributed by atoms with E-state index in [0.717, 1.165) is 12.1 Å². The van der Waals surface area contributed by atoms with Crippen LogP contribution in [0.25, 0.3) is 0 Å². The molecule has 5 nitrogen and oxygen atoms in total. The normalized spacial score (nSPS) is 10.1. The molecule has 0 aliphatic carbocycles. The van der Waals surface area contributed by atoms with Crippen LogP contribution in [0.4, 0.5) is 17.2 Å². The van der Waals surface area contributed by atoms with Crippen molar-refractivity contribution in [1.29, 1.82) is 0 Å². The number of nitrogen functional groups attached to an aromatic ring is 1. The molecule has 1 aromatic carbocycles. The fourth-order valence-corrected chi connectivity index (χ4v) is 1.59. The predicted molar refractivity (Wildman–Crippen MR) is 78.9 cm³/mol. The van der Waals surface area contributed by atoms with E-state index >= 15 is 0 Å². The van der Waals surface area contributed by atoms with E-state index in [4.69, 9.17) is 10.5 Å². The van der Waals surface area contributed by atoms with Gasteiger partial charge < -0.3 is 15.8 Å². The maximum atomic E-state index is 11.6. The van der Waals surface area contributed by atoms with Gasteiger partial charge in [0.15, 0.2) is 0 Å². The molecular weight excluding hydrogens is 254 g/mol. The van der Waals surface area contributed by atoms with Crippen LogP contribution in [0.5, 0.6) is 0 Å². The van der Waals surface area contributed by atoms with Crippen LogP contribution in [0.15, 0.2) is 42.6 Å². The summed E-state index contributed by atoms with van der Waals surface area (Å²) in [6, 6.07) is 10.6. The van der Waals surface area contributed by atoms with E-state index in [-0.39, 0.29) is 5.97 Å². The van der Waals surface area contributed by atoms with E-state index in [1.807, 2.05) is 6.92 Å². The monoisotopic (exact) mass is 271 g/mol. The number of hydrogen-bond donors (Lipinski definition) is 2. The zero-order valence-corrected chi connectivity index (χ0v) is 11.3. The molecule has 0 spiro atoms. The van der Waals surface area contributed by atoms with Gasteiger partial charge in [0.05, 0.1) is 24.1 Å². The standard InChI is InChI=1S/C15H17N3O2/c1-2-9-20-15(19)11-3-6-13(7-4-11)18-14-8-5-12(16)10-17-14/h3-8,10H,2,9,16H2,1H3,(H,17,18). The summed E-state index contributed by atoms with van der Waals surface area (Å²) < 4.78 is 5.06. The van der Waals surface area contributed by atoms with Gasteiger partial charge in [0.1, 0.15) is 5.82 Å². The Morgan fingerprint density at radius 3 is 2.60 bits per heavy atom. The van der Waals surface area contributed by atoms with Crippen LogP contribution in [0.1, 0.15) is 23.7 Å². The maximum absolute atomic E-state index is 11.6. The van der Waals surface area contributed by atoms with Crippen LogP contribution in [-0.4, -0.2) is 17.6 Å². The van der Waals surface area contributed by atoms with Crippen LogP contribution in [0.2, 0.25) is 0 Å². The third-order valence-corrected chi connectivity index (χ3v) is 2.62. The van der Waals surface area contributed by atoms with Crippen LogP contribution < -0.4 is 11.1 Å². The minimum atomic E-state index is -0.302. The number of hydrogen-bond acceptors (Lipinski definition) is 5. The van der Waals surface area contributed by atoms with Gasteiger partial charge in [-0.1, -0.05) is 6.92 Å². The van der Waals surface area contributed by atoms with Crippen molar-refractivity contribution in [2.75, 3.05) is 17.7 Å². The minimum Gasteiger partial charge on any atom is -0.462 e. The molecule has 0 amide bonds. The third-order valence-electron chi connectivity index (χ3n) is 2.62. The number of anilines is 3. The van der Waals surface area contributed by atoms with Crippen LogP contribution in [0.3, 0.4) is 0 Å². The van der Waals surface area contributed by atoms with Crippen LogP contribution in [0, 0.1) is 0 Å². The lowest BCUT2D eigenvalue weighted by molar-refractivity contribution is 0.0505. The Bertz CT molecular complexity index is 565. The molecule has 0 aliphatic rings. The van der Waals surface area contributed by atoms with Gasteiger partial charge in [-0.05, 0) is 42.8 Å². The summed E-state index contributed by atoms with van der Waals surface area (Å²) in [5.41, 5.74) is 7.57. The van der Waals surface area contributed by atoms with Crippen LogP contribution >= 0.6 is 0 Å². The molecule has 0 radical (unpaired) electrons. The molecule has 1 aromatic heterocycles. The number of pyridine rings is 1. The topological polar surface area (TPSA) is 77.2 Å². The lowest BCUT2D eigenvalue weighted by atomic mass is 10.2. The summed E-state index contributed by atoms with van der Waals surface area (Å²) in [4.78, 5) is 15.8. The molecule has 0 bridgehead atoms. The summed E-state index contributed by atoms with van der Waals surface area (Å²) in [6.45, 7) is 2.40. The second kappa shape index (κ2) is 6.56. The van der Waals surface area contributed by atoms with E-state index in [0.29, 0.717) is 23.7 Å². The molecule has 0 fully saturated rings. The van der Waals surface area contributed by atoms with Gasteiger partial charge in [0.2, 0.25) is 0 Å². The van der Waals surface area contributed by atoms with Crippen molar-refractivity contribution in [3.8, 4) is 0 Å². The summed E-state index contributed by atoms with van der Waals surface area (Å²) in [6.07, 6.45) is 2.40. The van der Waals surface area contributed by atoms with Crippen LogP contribution in [-0.2, 0) is 4.74 Å². The summed E-state index contributed by atoms with van der Waals surface area (Å²) in [5, 5.41) is 3.12. The van der Waals surface area contributed by atoms with Crippen molar-refractivity contribution in [3.05, 3.63) is 48.2 Å². The van der Waals surface area contributed by atoms with Gasteiger partial charge in [-0.3, -0.25) is 0 Å². The lowest BCUT2D eigenvalue weighted by Crippen LogP contribution is -2.05. The molecule has 0 saturated carbocycles. The van der Waals surface area contributed by atoms with Crippen molar-refractivity contribution < 1.29 is 9.53 Å². The average molecular weight is 271 g/mol. The van der Waals surface area contributed by atoms with Gasteiger partial charge in [0.25, 0.3) is 0 Å². The van der Waals surface area contributed by atoms with E-state index in [1.54, 1.807) is 42.6 Å². The minimum absolute atomic E-state index is 0.302. The molecule has 0 saturated heterocycles. The zero-order valence-electron chi connectivity index (χ0n) is 11.3. The smallest absolute Gasteiger partial charge is 0.338 e. The molecule has 2 aromatic rings.